The molecule has 0 radical (unpaired) electrons. The summed E-state index contributed by atoms with van der Waals surface area (Å²) in [5.41, 5.74) is 0.746. The van der Waals surface area contributed by atoms with E-state index in [4.69, 9.17) is 20.1 Å². The van der Waals surface area contributed by atoms with Crippen molar-refractivity contribution in [2.24, 2.45) is 5.41 Å². The van der Waals surface area contributed by atoms with Crippen LogP contribution in [0.4, 0.5) is 0 Å². The maximum absolute atomic E-state index is 9.60. The SMILES string of the molecule is C=C(C)C(=O)O.C=C(C)C(=O)O.C=C(C)C(=O)O.OCC(CO)(CO)CCC1=C(c2ccccc2)O1. The molecule has 6 N–H and O–H groups in total. The topological polar surface area (TPSA) is 185 Å². The highest BCUT2D eigenvalue weighted by atomic mass is 16.6. The second-order valence-corrected chi connectivity index (χ2v) is 7.95. The van der Waals surface area contributed by atoms with Gasteiger partial charge in [0.15, 0.2) is 5.76 Å². The van der Waals surface area contributed by atoms with Crippen molar-refractivity contribution in [2.45, 2.75) is 33.6 Å². The number of allylic oxidation sites excluding steroid dienone is 1. The molecule has 0 amide bonds. The Morgan fingerprint density at radius 1 is 0.750 bits per heavy atom. The molecule has 0 saturated heterocycles. The Morgan fingerprint density at radius 3 is 1.36 bits per heavy atom. The van der Waals surface area contributed by atoms with E-state index in [1.807, 2.05) is 30.3 Å². The van der Waals surface area contributed by atoms with Gasteiger partial charge < -0.3 is 35.4 Å². The van der Waals surface area contributed by atoms with E-state index in [1.165, 1.54) is 20.8 Å². The smallest absolute Gasteiger partial charge is 0.330 e. The van der Waals surface area contributed by atoms with Crippen molar-refractivity contribution in [1.82, 2.24) is 0 Å². The third-order valence-electron chi connectivity index (χ3n) is 4.46. The number of ether oxygens (including phenoxy) is 1. The summed E-state index contributed by atoms with van der Waals surface area (Å²) in [7, 11) is 0. The molecule has 1 heterocycles. The third-order valence-corrected chi connectivity index (χ3v) is 4.46. The number of aliphatic hydroxyl groups excluding tert-OH is 3. The summed E-state index contributed by atoms with van der Waals surface area (Å²) < 4.78 is 5.42. The Bertz CT molecular complexity index is 839. The predicted molar refractivity (Wildman–Crippen MR) is 135 cm³/mol. The van der Waals surface area contributed by atoms with Crippen LogP contribution in [0.25, 0.3) is 5.76 Å². The summed E-state index contributed by atoms with van der Waals surface area (Å²) in [4.78, 5) is 28.8. The maximum Gasteiger partial charge on any atom is 0.330 e. The first-order valence-electron chi connectivity index (χ1n) is 10.6. The van der Waals surface area contributed by atoms with Crippen molar-refractivity contribution in [3.8, 4) is 0 Å². The fourth-order valence-electron chi connectivity index (χ4n) is 1.84. The number of carboxylic acid groups (broad SMARTS) is 3. The average molecular weight is 509 g/mol. The minimum atomic E-state index is -0.935. The molecule has 0 unspecified atom stereocenters. The van der Waals surface area contributed by atoms with Crippen LogP contribution in [0.15, 0.2) is 72.5 Å². The van der Waals surface area contributed by atoms with Crippen LogP contribution in [0.2, 0.25) is 0 Å². The summed E-state index contributed by atoms with van der Waals surface area (Å²) in [5, 5.41) is 51.3. The molecule has 0 aliphatic carbocycles. The van der Waals surface area contributed by atoms with Gasteiger partial charge in [-0.1, -0.05) is 50.1 Å². The van der Waals surface area contributed by atoms with Crippen LogP contribution in [0.5, 0.6) is 0 Å². The van der Waals surface area contributed by atoms with E-state index in [0.717, 1.165) is 17.1 Å². The minimum Gasteiger partial charge on any atom is -0.478 e. The fraction of sp³-hybridized carbons (Fsp3) is 0.346. The average Bonchev–Trinajstić information content (AvgIpc) is 3.62. The standard InChI is InChI=1S/C14H18O4.3C4H6O2/c15-8-14(9-16,10-17)7-6-12-13(18-12)11-4-2-1-3-5-11;3*1-3(2)4(5)6/h1-5,15-17H,6-10H2;3*1H2,2H3,(H,5,6). The monoisotopic (exact) mass is 508 g/mol. The Morgan fingerprint density at radius 2 is 1.08 bits per heavy atom. The molecule has 0 bridgehead atoms. The molecule has 0 spiro atoms. The lowest BCUT2D eigenvalue weighted by Gasteiger charge is -2.26. The van der Waals surface area contributed by atoms with Gasteiger partial charge >= 0.3 is 17.9 Å². The molecule has 1 aromatic rings. The van der Waals surface area contributed by atoms with Crippen LogP contribution >= 0.6 is 0 Å². The number of hydrogen-bond acceptors (Lipinski definition) is 7. The zero-order chi connectivity index (χ0) is 28.5. The molecule has 2 rings (SSSR count). The molecule has 1 aliphatic rings. The second-order valence-electron chi connectivity index (χ2n) is 7.95. The van der Waals surface area contributed by atoms with Gasteiger partial charge in [-0.05, 0) is 27.2 Å². The van der Waals surface area contributed by atoms with E-state index in [0.29, 0.717) is 12.8 Å². The van der Waals surface area contributed by atoms with Crippen LogP contribution in [0.1, 0.15) is 39.2 Å². The lowest BCUT2D eigenvalue weighted by molar-refractivity contribution is -0.133. The Hall–Kier alpha value is -3.73. The Balaban J connectivity index is 0. The van der Waals surface area contributed by atoms with Gasteiger partial charge in [0.2, 0.25) is 0 Å². The van der Waals surface area contributed by atoms with Gasteiger partial charge in [0.1, 0.15) is 5.76 Å². The van der Waals surface area contributed by atoms with Gasteiger partial charge in [-0.25, -0.2) is 14.4 Å². The van der Waals surface area contributed by atoms with E-state index in [2.05, 4.69) is 19.7 Å². The Labute approximate surface area is 210 Å². The highest BCUT2D eigenvalue weighted by Gasteiger charge is 2.33. The number of aliphatic hydroxyl groups is 3. The molecule has 10 nitrogen and oxygen atoms in total. The lowest BCUT2D eigenvalue weighted by Crippen LogP contribution is -2.33. The first-order chi connectivity index (χ1) is 16.7. The van der Waals surface area contributed by atoms with Gasteiger partial charge in [-0.15, -0.1) is 0 Å². The van der Waals surface area contributed by atoms with Gasteiger partial charge in [0.25, 0.3) is 0 Å². The Kier molecular flexibility index (Phi) is 16.9. The summed E-state index contributed by atoms with van der Waals surface area (Å²) in [6, 6.07) is 9.78. The normalized spacial score (nSPS) is 11.1. The van der Waals surface area contributed by atoms with Crippen molar-refractivity contribution in [2.75, 3.05) is 19.8 Å². The van der Waals surface area contributed by atoms with Crippen LogP contribution in [-0.2, 0) is 19.1 Å². The number of carbonyl (C=O) groups is 3. The highest BCUT2D eigenvalue weighted by molar-refractivity contribution is 5.85. The molecule has 0 atom stereocenters. The first-order valence-corrected chi connectivity index (χ1v) is 10.6. The molecule has 36 heavy (non-hydrogen) atoms. The summed E-state index contributed by atoms with van der Waals surface area (Å²) in [6.45, 7) is 13.1. The minimum absolute atomic E-state index is 0.176. The number of hydrogen-bond donors (Lipinski definition) is 6. The summed E-state index contributed by atoms with van der Waals surface area (Å²) in [6.07, 6.45) is 1.12. The largest absolute Gasteiger partial charge is 0.478 e. The van der Waals surface area contributed by atoms with Gasteiger partial charge in [-0.2, -0.15) is 0 Å². The first kappa shape index (κ1) is 34.4. The van der Waals surface area contributed by atoms with Crippen molar-refractivity contribution < 1.29 is 49.8 Å². The van der Waals surface area contributed by atoms with Gasteiger partial charge in [0, 0.05) is 34.1 Å². The van der Waals surface area contributed by atoms with Crippen molar-refractivity contribution >= 4 is 23.7 Å². The molecule has 1 aromatic carbocycles. The highest BCUT2D eigenvalue weighted by Crippen LogP contribution is 2.40. The lowest BCUT2D eigenvalue weighted by atomic mass is 9.85. The number of carboxylic acids is 3. The number of rotatable bonds is 10. The van der Waals surface area contributed by atoms with E-state index >= 15 is 0 Å². The van der Waals surface area contributed by atoms with Gasteiger partial charge in [0.05, 0.1) is 19.8 Å². The molecule has 0 saturated carbocycles. The fourth-order valence-corrected chi connectivity index (χ4v) is 1.84. The number of benzene rings is 1. The third kappa shape index (κ3) is 15.2. The quantitative estimate of drug-likeness (QED) is 0.257. The van der Waals surface area contributed by atoms with Crippen molar-refractivity contribution in [3.63, 3.8) is 0 Å². The zero-order valence-corrected chi connectivity index (χ0v) is 20.9. The van der Waals surface area contributed by atoms with E-state index in [9.17, 15) is 29.7 Å². The summed E-state index contributed by atoms with van der Waals surface area (Å²) in [5.74, 6) is -1.06. The van der Waals surface area contributed by atoms with Crippen LogP contribution < -0.4 is 0 Å². The predicted octanol–water partition coefficient (Wildman–Crippen LogP) is 3.07. The second kappa shape index (κ2) is 17.7. The van der Waals surface area contributed by atoms with Crippen molar-refractivity contribution in [1.29, 1.82) is 0 Å². The van der Waals surface area contributed by atoms with Crippen molar-refractivity contribution in [3.05, 3.63) is 78.1 Å². The molecular weight excluding hydrogens is 472 g/mol. The number of aliphatic carboxylic acids is 3. The zero-order valence-electron chi connectivity index (χ0n) is 20.9. The van der Waals surface area contributed by atoms with Gasteiger partial charge in [-0.3, -0.25) is 0 Å². The maximum atomic E-state index is 9.60. The van der Waals surface area contributed by atoms with E-state index in [1.54, 1.807) is 0 Å². The van der Waals surface area contributed by atoms with E-state index < -0.39 is 23.3 Å². The van der Waals surface area contributed by atoms with Crippen LogP contribution in [-0.4, -0.2) is 68.4 Å². The summed E-state index contributed by atoms with van der Waals surface area (Å²) >= 11 is 0. The molecule has 0 fully saturated rings. The van der Waals surface area contributed by atoms with E-state index in [-0.39, 0.29) is 36.5 Å². The molecule has 200 valence electrons. The van der Waals surface area contributed by atoms with Crippen LogP contribution in [0.3, 0.4) is 0 Å². The molecule has 10 heteroatoms. The molecular formula is C26H36O10. The molecule has 1 aliphatic heterocycles. The molecule has 0 aromatic heterocycles. The van der Waals surface area contributed by atoms with Crippen LogP contribution in [0, 0.1) is 5.41 Å².